The number of carbonyl (C=O) groups is 1. The predicted octanol–water partition coefficient (Wildman–Crippen LogP) is 5.95. The number of aryl methyl sites for hydroxylation is 1. The van der Waals surface area contributed by atoms with E-state index in [0.29, 0.717) is 18.0 Å². The molecule has 30 heavy (non-hydrogen) atoms. The van der Waals surface area contributed by atoms with Crippen LogP contribution in [-0.2, 0) is 12.8 Å². The van der Waals surface area contributed by atoms with Crippen LogP contribution in [0.1, 0.15) is 47.8 Å². The summed E-state index contributed by atoms with van der Waals surface area (Å²) in [4.78, 5) is 20.4. The number of hydrogen-bond acceptors (Lipinski definition) is 4. The average Bonchev–Trinajstić information content (AvgIpc) is 3.50. The van der Waals surface area contributed by atoms with Crippen LogP contribution in [0.3, 0.4) is 0 Å². The van der Waals surface area contributed by atoms with E-state index in [1.54, 1.807) is 23.5 Å². The molecule has 1 aliphatic rings. The zero-order chi connectivity index (χ0) is 20.9. The summed E-state index contributed by atoms with van der Waals surface area (Å²) in [5.41, 5.74) is 2.77. The van der Waals surface area contributed by atoms with Gasteiger partial charge in [0.1, 0.15) is 5.82 Å². The predicted molar refractivity (Wildman–Crippen MR) is 121 cm³/mol. The van der Waals surface area contributed by atoms with Crippen LogP contribution in [0.15, 0.2) is 60.0 Å². The average molecular weight is 423 g/mol. The smallest absolute Gasteiger partial charge is 0.185 e. The Morgan fingerprint density at radius 2 is 1.90 bits per heavy atom. The number of thiazole rings is 1. The van der Waals surface area contributed by atoms with Gasteiger partial charge in [-0.05, 0) is 68.9 Å². The van der Waals surface area contributed by atoms with E-state index in [2.05, 4.69) is 29.3 Å². The molecule has 1 aliphatic carbocycles. The molecule has 1 atom stereocenters. The lowest BCUT2D eigenvalue weighted by molar-refractivity contribution is 0.0912. The van der Waals surface area contributed by atoms with Gasteiger partial charge in [-0.2, -0.15) is 0 Å². The van der Waals surface area contributed by atoms with E-state index in [9.17, 15) is 9.18 Å². The molecule has 3 nitrogen and oxygen atoms in total. The minimum atomic E-state index is -0.322. The van der Waals surface area contributed by atoms with Gasteiger partial charge in [0.2, 0.25) is 0 Å². The quantitative estimate of drug-likeness (QED) is 0.379. The Morgan fingerprint density at radius 1 is 1.17 bits per heavy atom. The summed E-state index contributed by atoms with van der Waals surface area (Å²) in [6.07, 6.45) is 4.69. The highest BCUT2D eigenvalue weighted by atomic mass is 32.1. The van der Waals surface area contributed by atoms with Crippen molar-refractivity contribution in [2.75, 3.05) is 11.4 Å². The normalized spacial score (nSPS) is 14.5. The van der Waals surface area contributed by atoms with E-state index in [1.165, 1.54) is 25.0 Å². The third kappa shape index (κ3) is 5.14. The Hall–Kier alpha value is -2.53. The Balaban J connectivity index is 1.47. The highest BCUT2D eigenvalue weighted by Gasteiger charge is 2.30. The van der Waals surface area contributed by atoms with Gasteiger partial charge in [-0.3, -0.25) is 4.79 Å². The van der Waals surface area contributed by atoms with E-state index in [0.717, 1.165) is 35.8 Å². The van der Waals surface area contributed by atoms with E-state index >= 15 is 0 Å². The summed E-state index contributed by atoms with van der Waals surface area (Å²) in [7, 11) is 0. The number of ketones is 1. The van der Waals surface area contributed by atoms with Crippen molar-refractivity contribution in [3.63, 3.8) is 0 Å². The number of nitrogens with zero attached hydrogens (tertiary/aromatic N) is 2. The Labute approximate surface area is 181 Å². The first-order valence-electron chi connectivity index (χ1n) is 10.7. The molecule has 0 aliphatic heterocycles. The molecule has 5 heteroatoms. The van der Waals surface area contributed by atoms with Gasteiger partial charge >= 0.3 is 0 Å². The molecule has 3 aromatic rings. The van der Waals surface area contributed by atoms with Gasteiger partial charge in [0.25, 0.3) is 0 Å². The molecule has 1 aromatic heterocycles. The van der Waals surface area contributed by atoms with Crippen LogP contribution in [0.4, 0.5) is 9.52 Å². The van der Waals surface area contributed by atoms with E-state index < -0.39 is 0 Å². The fourth-order valence-corrected chi connectivity index (χ4v) is 4.87. The highest BCUT2D eigenvalue weighted by Crippen LogP contribution is 2.33. The van der Waals surface area contributed by atoms with Crippen molar-refractivity contribution >= 4 is 22.3 Å². The van der Waals surface area contributed by atoms with Gasteiger partial charge < -0.3 is 4.90 Å². The molecule has 0 N–H and O–H groups in total. The van der Waals surface area contributed by atoms with Crippen LogP contribution in [0.25, 0.3) is 0 Å². The molecular formula is C25H27FN2OS. The van der Waals surface area contributed by atoms with Gasteiger partial charge in [0.15, 0.2) is 10.9 Å². The first-order valence-corrected chi connectivity index (χ1v) is 11.6. The zero-order valence-corrected chi connectivity index (χ0v) is 18.1. The zero-order valence-electron chi connectivity index (χ0n) is 17.3. The van der Waals surface area contributed by atoms with Crippen LogP contribution in [0, 0.1) is 11.7 Å². The highest BCUT2D eigenvalue weighted by molar-refractivity contribution is 7.13. The topological polar surface area (TPSA) is 33.2 Å². The molecule has 0 radical (unpaired) electrons. The van der Waals surface area contributed by atoms with Gasteiger partial charge in [0.05, 0.1) is 5.69 Å². The lowest BCUT2D eigenvalue weighted by Gasteiger charge is -2.18. The standard InChI is InChI=1S/C25H27FN2OS/c1-2-28(23-14-15-23)25-27-22(17-30-25)13-10-20(16-18-6-4-3-5-7-18)24(29)19-8-11-21(26)12-9-19/h3-9,11-12,17,20,23H,2,10,13-16H2,1H3. The SMILES string of the molecule is CCN(c1nc(CCC(Cc2ccccc2)C(=O)c2ccc(F)cc2)cs1)C1CC1. The summed E-state index contributed by atoms with van der Waals surface area (Å²) in [6.45, 7) is 3.16. The molecule has 156 valence electrons. The lowest BCUT2D eigenvalue weighted by Crippen LogP contribution is -2.24. The molecule has 0 saturated heterocycles. The monoisotopic (exact) mass is 422 g/mol. The number of halogens is 1. The fraction of sp³-hybridized carbons (Fsp3) is 0.360. The molecule has 0 spiro atoms. The van der Waals surface area contributed by atoms with E-state index in [-0.39, 0.29) is 17.5 Å². The van der Waals surface area contributed by atoms with Gasteiger partial charge in [-0.15, -0.1) is 11.3 Å². The molecule has 0 amide bonds. The number of benzene rings is 2. The lowest BCUT2D eigenvalue weighted by atomic mass is 9.87. The summed E-state index contributed by atoms with van der Waals surface area (Å²) < 4.78 is 13.3. The molecular weight excluding hydrogens is 395 g/mol. The van der Waals surface area contributed by atoms with Gasteiger partial charge in [-0.25, -0.2) is 9.37 Å². The van der Waals surface area contributed by atoms with Gasteiger partial charge in [-0.1, -0.05) is 30.3 Å². The second-order valence-corrected chi connectivity index (χ2v) is 8.77. The van der Waals surface area contributed by atoms with Crippen molar-refractivity contribution in [3.8, 4) is 0 Å². The number of rotatable bonds is 10. The molecule has 1 fully saturated rings. The fourth-order valence-electron chi connectivity index (χ4n) is 3.88. The van der Waals surface area contributed by atoms with Crippen molar-refractivity contribution in [1.82, 2.24) is 4.98 Å². The van der Waals surface area contributed by atoms with E-state index in [4.69, 9.17) is 4.98 Å². The van der Waals surface area contributed by atoms with Crippen molar-refractivity contribution in [2.45, 2.75) is 45.1 Å². The second kappa shape index (κ2) is 9.52. The molecule has 2 aromatic carbocycles. The minimum absolute atomic E-state index is 0.0717. The Bertz CT molecular complexity index is 966. The number of anilines is 1. The van der Waals surface area contributed by atoms with Crippen LogP contribution >= 0.6 is 11.3 Å². The van der Waals surface area contributed by atoms with Crippen molar-refractivity contribution in [2.24, 2.45) is 5.92 Å². The summed E-state index contributed by atoms with van der Waals surface area (Å²) in [5.74, 6) is -0.409. The Kier molecular flexibility index (Phi) is 6.58. The molecule has 1 unspecified atom stereocenters. The summed E-state index contributed by atoms with van der Waals surface area (Å²) >= 11 is 1.70. The summed E-state index contributed by atoms with van der Waals surface area (Å²) in [6, 6.07) is 16.6. The molecule has 1 heterocycles. The number of aromatic nitrogens is 1. The second-order valence-electron chi connectivity index (χ2n) is 7.94. The molecule has 0 bridgehead atoms. The van der Waals surface area contributed by atoms with Crippen LogP contribution in [0.5, 0.6) is 0 Å². The molecule has 4 rings (SSSR count). The number of hydrogen-bond donors (Lipinski definition) is 0. The largest absolute Gasteiger partial charge is 0.345 e. The maximum atomic E-state index is 13.3. The van der Waals surface area contributed by atoms with E-state index in [1.807, 2.05) is 18.2 Å². The van der Waals surface area contributed by atoms with Crippen molar-refractivity contribution < 1.29 is 9.18 Å². The number of carbonyl (C=O) groups excluding carboxylic acids is 1. The van der Waals surface area contributed by atoms with Crippen molar-refractivity contribution in [3.05, 3.63) is 82.6 Å². The third-order valence-corrected chi connectivity index (χ3v) is 6.61. The minimum Gasteiger partial charge on any atom is -0.345 e. The number of Topliss-reactive ketones (excluding diaryl/α,β-unsaturated/α-hetero) is 1. The van der Waals surface area contributed by atoms with Crippen molar-refractivity contribution in [1.29, 1.82) is 0 Å². The Morgan fingerprint density at radius 3 is 2.57 bits per heavy atom. The maximum absolute atomic E-state index is 13.3. The van der Waals surface area contributed by atoms with Crippen LogP contribution in [0.2, 0.25) is 0 Å². The first kappa shape index (κ1) is 20.7. The van der Waals surface area contributed by atoms with Crippen LogP contribution in [-0.4, -0.2) is 23.4 Å². The first-order chi connectivity index (χ1) is 14.6. The maximum Gasteiger partial charge on any atom is 0.185 e. The van der Waals surface area contributed by atoms with Crippen LogP contribution < -0.4 is 4.90 Å². The van der Waals surface area contributed by atoms with Gasteiger partial charge in [0, 0.05) is 29.4 Å². The third-order valence-electron chi connectivity index (χ3n) is 5.69. The molecule has 1 saturated carbocycles. The summed E-state index contributed by atoms with van der Waals surface area (Å²) in [5, 5.41) is 3.22.